The summed E-state index contributed by atoms with van der Waals surface area (Å²) in [6, 6.07) is 0. The van der Waals surface area contributed by atoms with Crippen molar-refractivity contribution < 1.29 is 9.76 Å². The fourth-order valence-electron chi connectivity index (χ4n) is 0.783. The molecule has 6 heteroatoms. The van der Waals surface area contributed by atoms with Gasteiger partial charge in [0, 0.05) is 6.08 Å². The molecule has 6 nitrogen and oxygen atoms in total. The minimum Gasteiger partial charge on any atom is -0.296 e. The summed E-state index contributed by atoms with van der Waals surface area (Å²) in [5.74, 6) is 0. The van der Waals surface area contributed by atoms with Crippen LogP contribution in [0.25, 0.3) is 0 Å². The van der Waals surface area contributed by atoms with Gasteiger partial charge in [-0.2, -0.15) is 0 Å². The van der Waals surface area contributed by atoms with E-state index in [1.807, 2.05) is 0 Å². The van der Waals surface area contributed by atoms with Gasteiger partial charge in [-0.1, -0.05) is 5.17 Å². The van der Waals surface area contributed by atoms with Crippen molar-refractivity contribution in [3.63, 3.8) is 0 Å². The summed E-state index contributed by atoms with van der Waals surface area (Å²) in [5.41, 5.74) is 3.44. The van der Waals surface area contributed by atoms with E-state index in [4.69, 9.17) is 4.84 Å². The lowest BCUT2D eigenvalue weighted by Gasteiger charge is -2.12. The molecule has 0 atom stereocenters. The van der Waals surface area contributed by atoms with Gasteiger partial charge in [0.1, 0.15) is 0 Å². The Morgan fingerprint density at radius 3 is 3.17 bits per heavy atom. The molecule has 0 saturated carbocycles. The summed E-state index contributed by atoms with van der Waals surface area (Å²) in [5, 5.41) is 11.4. The molecule has 1 heterocycles. The number of hydrogen-bond donors (Lipinski definition) is 1. The molecule has 0 unspecified atom stereocenters. The van der Waals surface area contributed by atoms with Crippen molar-refractivity contribution in [1.29, 1.82) is 0 Å². The van der Waals surface area contributed by atoms with Gasteiger partial charge in [-0.05, 0) is 6.08 Å². The Kier molecular flexibility index (Phi) is 2.78. The summed E-state index contributed by atoms with van der Waals surface area (Å²) in [7, 11) is 1.51. The van der Waals surface area contributed by atoms with Crippen LogP contribution in [0.15, 0.2) is 24.0 Å². The molecule has 0 radical (unpaired) electrons. The smallest absolute Gasteiger partial charge is 0.236 e. The summed E-state index contributed by atoms with van der Waals surface area (Å²) in [6.07, 6.45) is 4.03. The van der Waals surface area contributed by atoms with Gasteiger partial charge in [0.2, 0.25) is 6.20 Å². The van der Waals surface area contributed by atoms with Gasteiger partial charge < -0.3 is 0 Å². The second-order valence-electron chi connectivity index (χ2n) is 2.12. The van der Waals surface area contributed by atoms with Crippen LogP contribution >= 0.6 is 0 Å². The Morgan fingerprint density at radius 1 is 1.92 bits per heavy atom. The molecule has 0 aromatic carbocycles. The molecule has 0 amide bonds. The fraction of sp³-hybridized carbons (Fsp3) is 0.333. The number of hydrazine groups is 1. The zero-order valence-corrected chi connectivity index (χ0v) is 6.56. The highest BCUT2D eigenvalue weighted by Crippen LogP contribution is 2.02. The van der Waals surface area contributed by atoms with Crippen LogP contribution in [0.5, 0.6) is 0 Å². The lowest BCUT2D eigenvalue weighted by molar-refractivity contribution is -0.402. The molecule has 0 bridgehead atoms. The third-order valence-electron chi connectivity index (χ3n) is 1.33. The van der Waals surface area contributed by atoms with Crippen molar-refractivity contribution in [1.82, 2.24) is 10.6 Å². The standard InChI is InChI=1S/C6H9N3O3/c1-12-8-4-2-6(7-8)3-5-9(10)11/h2-3,5,7H,4H2,1H3. The Morgan fingerprint density at radius 2 is 2.67 bits per heavy atom. The van der Waals surface area contributed by atoms with Gasteiger partial charge in [0.15, 0.2) is 0 Å². The Balaban J connectivity index is 2.41. The average molecular weight is 171 g/mol. The lowest BCUT2D eigenvalue weighted by atomic mass is 10.4. The van der Waals surface area contributed by atoms with Crippen LogP contribution in [0.1, 0.15) is 0 Å². The highest BCUT2D eigenvalue weighted by atomic mass is 16.7. The van der Waals surface area contributed by atoms with E-state index >= 15 is 0 Å². The molecule has 66 valence electrons. The first kappa shape index (κ1) is 8.69. The van der Waals surface area contributed by atoms with Crippen LogP contribution in [0.2, 0.25) is 0 Å². The molecule has 0 aliphatic carbocycles. The molecule has 1 N–H and O–H groups in total. The predicted octanol–water partition coefficient (Wildman–Crippen LogP) is 0.0423. The number of rotatable bonds is 3. The number of nitrogens with zero attached hydrogens (tertiary/aromatic N) is 2. The summed E-state index contributed by atoms with van der Waals surface area (Å²) >= 11 is 0. The SMILES string of the molecule is CON1CC=C(C=C[N+](=O)[O-])N1. The molecule has 1 rings (SSSR count). The van der Waals surface area contributed by atoms with Crippen LogP contribution in [0, 0.1) is 10.1 Å². The largest absolute Gasteiger partial charge is 0.296 e. The Bertz CT molecular complexity index is 236. The van der Waals surface area contributed by atoms with Crippen molar-refractivity contribution in [2.24, 2.45) is 0 Å². The van der Waals surface area contributed by atoms with Gasteiger partial charge >= 0.3 is 0 Å². The second kappa shape index (κ2) is 3.84. The summed E-state index contributed by atoms with van der Waals surface area (Å²) in [6.45, 7) is 0.577. The molecule has 0 fully saturated rings. The molecule has 0 aromatic heterocycles. The van der Waals surface area contributed by atoms with E-state index in [0.717, 1.165) is 6.20 Å². The highest BCUT2D eigenvalue weighted by molar-refractivity contribution is 5.17. The summed E-state index contributed by atoms with van der Waals surface area (Å²) in [4.78, 5) is 14.2. The molecular weight excluding hydrogens is 162 g/mol. The molecule has 0 spiro atoms. The first-order valence-electron chi connectivity index (χ1n) is 3.32. The van der Waals surface area contributed by atoms with Gasteiger partial charge in [0.05, 0.1) is 24.3 Å². The van der Waals surface area contributed by atoms with E-state index in [1.165, 1.54) is 18.4 Å². The second-order valence-corrected chi connectivity index (χ2v) is 2.12. The van der Waals surface area contributed by atoms with E-state index in [9.17, 15) is 10.1 Å². The van der Waals surface area contributed by atoms with Crippen molar-refractivity contribution in [2.75, 3.05) is 13.7 Å². The van der Waals surface area contributed by atoms with Crippen LogP contribution < -0.4 is 5.43 Å². The third-order valence-corrected chi connectivity index (χ3v) is 1.33. The highest BCUT2D eigenvalue weighted by Gasteiger charge is 2.09. The monoisotopic (exact) mass is 171 g/mol. The van der Waals surface area contributed by atoms with Crippen molar-refractivity contribution in [3.8, 4) is 0 Å². The van der Waals surface area contributed by atoms with E-state index in [-0.39, 0.29) is 0 Å². The zero-order chi connectivity index (χ0) is 8.97. The van der Waals surface area contributed by atoms with Crippen LogP contribution in [0.3, 0.4) is 0 Å². The van der Waals surface area contributed by atoms with Crippen LogP contribution in [-0.2, 0) is 4.84 Å². The molecular formula is C6H9N3O3. The molecule has 0 aromatic rings. The van der Waals surface area contributed by atoms with Crippen LogP contribution in [-0.4, -0.2) is 23.8 Å². The molecule has 0 saturated heterocycles. The quantitative estimate of drug-likeness (QED) is 0.479. The van der Waals surface area contributed by atoms with E-state index in [1.54, 1.807) is 6.08 Å². The molecule has 12 heavy (non-hydrogen) atoms. The molecule has 1 aliphatic heterocycles. The first-order chi connectivity index (χ1) is 5.72. The van der Waals surface area contributed by atoms with E-state index in [2.05, 4.69) is 5.43 Å². The lowest BCUT2D eigenvalue weighted by Crippen LogP contribution is -2.30. The van der Waals surface area contributed by atoms with Crippen LogP contribution in [0.4, 0.5) is 0 Å². The average Bonchev–Trinajstić information content (AvgIpc) is 2.48. The number of nitro groups is 1. The minimum atomic E-state index is -0.516. The third kappa shape index (κ3) is 2.33. The first-order valence-corrected chi connectivity index (χ1v) is 3.32. The Hall–Kier alpha value is -1.40. The van der Waals surface area contributed by atoms with Gasteiger partial charge in [-0.3, -0.25) is 20.4 Å². The van der Waals surface area contributed by atoms with Crippen molar-refractivity contribution in [2.45, 2.75) is 0 Å². The maximum atomic E-state index is 9.93. The number of nitrogens with one attached hydrogen (secondary N) is 1. The van der Waals surface area contributed by atoms with E-state index in [0.29, 0.717) is 12.2 Å². The van der Waals surface area contributed by atoms with Gasteiger partial charge in [-0.25, -0.2) is 0 Å². The zero-order valence-electron chi connectivity index (χ0n) is 6.56. The maximum Gasteiger partial charge on any atom is 0.236 e. The fourth-order valence-corrected chi connectivity index (χ4v) is 0.783. The van der Waals surface area contributed by atoms with Gasteiger partial charge in [-0.15, -0.1) is 0 Å². The number of hydroxylamine groups is 1. The van der Waals surface area contributed by atoms with Crippen molar-refractivity contribution in [3.05, 3.63) is 34.2 Å². The van der Waals surface area contributed by atoms with E-state index < -0.39 is 4.92 Å². The number of allylic oxidation sites excluding steroid dienone is 1. The minimum absolute atomic E-state index is 0.516. The maximum absolute atomic E-state index is 9.93. The topological polar surface area (TPSA) is 67.6 Å². The summed E-state index contributed by atoms with van der Waals surface area (Å²) < 4.78 is 0. The number of hydrogen-bond acceptors (Lipinski definition) is 5. The van der Waals surface area contributed by atoms with Crippen molar-refractivity contribution >= 4 is 0 Å². The molecule has 1 aliphatic rings. The predicted molar refractivity (Wildman–Crippen MR) is 41.1 cm³/mol. The van der Waals surface area contributed by atoms with Gasteiger partial charge in [0.25, 0.3) is 0 Å². The Labute approximate surface area is 69.2 Å². The normalized spacial score (nSPS) is 17.9.